The van der Waals surface area contributed by atoms with Crippen LogP contribution in [0, 0.1) is 0 Å². The molecule has 15 heavy (non-hydrogen) atoms. The van der Waals surface area contributed by atoms with Crippen molar-refractivity contribution in [2.45, 2.75) is 0 Å². The molecule has 3 rings (SSSR count). The molecular weight excluding hydrogens is 230 g/mol. The summed E-state index contributed by atoms with van der Waals surface area (Å²) < 4.78 is 9.39. The molecule has 0 fully saturated rings. The van der Waals surface area contributed by atoms with Gasteiger partial charge in [-0.15, -0.1) is 11.3 Å². The number of hydrogen-bond donors (Lipinski definition) is 0. The minimum Gasteiger partial charge on any atom is -0.443 e. The van der Waals surface area contributed by atoms with Gasteiger partial charge in [0.25, 0.3) is 5.89 Å². The lowest BCUT2D eigenvalue weighted by atomic mass is 10.3. The van der Waals surface area contributed by atoms with Crippen LogP contribution in [0.5, 0.6) is 0 Å². The van der Waals surface area contributed by atoms with Crippen LogP contribution in [-0.2, 0) is 0 Å². The van der Waals surface area contributed by atoms with Crippen LogP contribution in [0.3, 0.4) is 0 Å². The molecule has 0 spiro atoms. The molecule has 0 aromatic carbocycles. The number of aromatic nitrogens is 3. The summed E-state index contributed by atoms with van der Waals surface area (Å²) in [6.07, 6.45) is 3.15. The Morgan fingerprint density at radius 1 is 1.27 bits per heavy atom. The first-order valence-corrected chi connectivity index (χ1v) is 5.91. The van der Waals surface area contributed by atoms with Crippen molar-refractivity contribution in [1.82, 2.24) is 14.3 Å². The van der Waals surface area contributed by atoms with E-state index in [2.05, 4.69) is 14.3 Å². The summed E-state index contributed by atoms with van der Waals surface area (Å²) in [6, 6.07) is 1.94. The molecule has 0 aliphatic rings. The van der Waals surface area contributed by atoms with E-state index in [-0.39, 0.29) is 0 Å². The second kappa shape index (κ2) is 3.56. The molecule has 0 amide bonds. The molecule has 0 radical (unpaired) electrons. The summed E-state index contributed by atoms with van der Waals surface area (Å²) in [6.45, 7) is 0. The van der Waals surface area contributed by atoms with Crippen molar-refractivity contribution in [1.29, 1.82) is 0 Å². The molecule has 3 aromatic heterocycles. The van der Waals surface area contributed by atoms with Gasteiger partial charge in [0.05, 0.1) is 6.20 Å². The predicted molar refractivity (Wildman–Crippen MR) is 58.7 cm³/mol. The van der Waals surface area contributed by atoms with Crippen molar-refractivity contribution in [3.8, 4) is 22.3 Å². The van der Waals surface area contributed by atoms with E-state index in [9.17, 15) is 0 Å². The van der Waals surface area contributed by atoms with Crippen molar-refractivity contribution < 1.29 is 4.42 Å². The lowest BCUT2D eigenvalue weighted by Crippen LogP contribution is -1.78. The Bertz CT molecular complexity index is 493. The number of rotatable bonds is 2. The van der Waals surface area contributed by atoms with Crippen molar-refractivity contribution in [2.75, 3.05) is 0 Å². The van der Waals surface area contributed by atoms with E-state index >= 15 is 0 Å². The fourth-order valence-electron chi connectivity index (χ4n) is 1.16. The highest BCUT2D eigenvalue weighted by Crippen LogP contribution is 2.27. The molecule has 4 nitrogen and oxygen atoms in total. The van der Waals surface area contributed by atoms with Gasteiger partial charge in [0.2, 0.25) is 0 Å². The summed E-state index contributed by atoms with van der Waals surface area (Å²) in [5, 5.41) is 4.66. The van der Waals surface area contributed by atoms with Crippen molar-refractivity contribution >= 4 is 22.9 Å². The molecule has 0 saturated carbocycles. The molecule has 3 heterocycles. The zero-order valence-corrected chi connectivity index (χ0v) is 9.09. The van der Waals surface area contributed by atoms with E-state index in [0.29, 0.717) is 5.89 Å². The Balaban J connectivity index is 2.02. The highest BCUT2D eigenvalue weighted by Gasteiger charge is 2.10. The van der Waals surface area contributed by atoms with E-state index in [1.807, 2.05) is 16.8 Å². The SMILES string of the molecule is c1coc(-c2nc(-c3ccsn3)cs2)n1. The lowest BCUT2D eigenvalue weighted by molar-refractivity contribution is 0.574. The van der Waals surface area contributed by atoms with Crippen LogP contribution in [0.1, 0.15) is 0 Å². The van der Waals surface area contributed by atoms with E-state index in [1.54, 1.807) is 12.5 Å². The van der Waals surface area contributed by atoms with E-state index in [0.717, 1.165) is 16.4 Å². The molecular formula is C9H5N3OS2. The summed E-state index contributed by atoms with van der Waals surface area (Å²) in [5.41, 5.74) is 1.77. The maximum atomic E-state index is 5.17. The molecule has 0 aliphatic carbocycles. The summed E-state index contributed by atoms with van der Waals surface area (Å²) >= 11 is 2.92. The summed E-state index contributed by atoms with van der Waals surface area (Å²) in [7, 11) is 0. The Labute approximate surface area is 93.4 Å². The quantitative estimate of drug-likeness (QED) is 0.685. The number of hydrogen-bond acceptors (Lipinski definition) is 6. The largest absolute Gasteiger partial charge is 0.443 e. The second-order valence-corrected chi connectivity index (χ2v) is 4.28. The predicted octanol–water partition coefficient (Wildman–Crippen LogP) is 2.92. The first-order valence-electron chi connectivity index (χ1n) is 4.19. The molecule has 0 bridgehead atoms. The zero-order valence-electron chi connectivity index (χ0n) is 7.45. The van der Waals surface area contributed by atoms with Gasteiger partial charge in [0.1, 0.15) is 17.7 Å². The minimum absolute atomic E-state index is 0.557. The number of nitrogens with zero attached hydrogens (tertiary/aromatic N) is 3. The molecule has 0 aliphatic heterocycles. The van der Waals surface area contributed by atoms with Gasteiger partial charge in [-0.1, -0.05) is 0 Å². The van der Waals surface area contributed by atoms with Crippen LogP contribution in [0.25, 0.3) is 22.3 Å². The normalized spacial score (nSPS) is 10.7. The van der Waals surface area contributed by atoms with E-state index < -0.39 is 0 Å². The highest BCUT2D eigenvalue weighted by atomic mass is 32.1. The third-order valence-electron chi connectivity index (χ3n) is 1.82. The fraction of sp³-hybridized carbons (Fsp3) is 0. The first kappa shape index (κ1) is 8.75. The van der Waals surface area contributed by atoms with Crippen LogP contribution < -0.4 is 0 Å². The summed E-state index contributed by atoms with van der Waals surface area (Å²) in [5.74, 6) is 0.557. The van der Waals surface area contributed by atoms with Gasteiger partial charge in [-0.05, 0) is 17.6 Å². The minimum atomic E-state index is 0.557. The lowest BCUT2D eigenvalue weighted by Gasteiger charge is -1.86. The molecule has 0 saturated heterocycles. The second-order valence-electron chi connectivity index (χ2n) is 2.76. The zero-order chi connectivity index (χ0) is 10.1. The van der Waals surface area contributed by atoms with Crippen LogP contribution in [0.2, 0.25) is 0 Å². The smallest absolute Gasteiger partial charge is 0.255 e. The maximum absolute atomic E-state index is 5.17. The van der Waals surface area contributed by atoms with E-state index in [4.69, 9.17) is 4.42 Å². The van der Waals surface area contributed by atoms with Gasteiger partial charge in [-0.2, -0.15) is 4.37 Å². The fourth-order valence-corrected chi connectivity index (χ4v) is 2.43. The Morgan fingerprint density at radius 3 is 3.00 bits per heavy atom. The average molecular weight is 235 g/mol. The molecule has 0 unspecified atom stereocenters. The topological polar surface area (TPSA) is 51.8 Å². The number of oxazole rings is 1. The Hall–Kier alpha value is -1.53. The third-order valence-corrected chi connectivity index (χ3v) is 3.21. The average Bonchev–Trinajstić information content (AvgIpc) is 3.02. The van der Waals surface area contributed by atoms with Crippen LogP contribution in [0.4, 0.5) is 0 Å². The molecule has 74 valence electrons. The van der Waals surface area contributed by atoms with Crippen molar-refractivity contribution in [2.24, 2.45) is 0 Å². The maximum Gasteiger partial charge on any atom is 0.255 e. The standard InChI is InChI=1S/C9H5N3OS2/c1-4-15-12-6(1)7-5-14-9(11-7)8-10-2-3-13-8/h1-5H. The summed E-state index contributed by atoms with van der Waals surface area (Å²) in [4.78, 5) is 8.45. The molecule has 0 atom stereocenters. The Morgan fingerprint density at radius 2 is 2.27 bits per heavy atom. The van der Waals surface area contributed by atoms with Crippen molar-refractivity contribution in [3.05, 3.63) is 29.3 Å². The van der Waals surface area contributed by atoms with Gasteiger partial charge >= 0.3 is 0 Å². The number of thiazole rings is 1. The molecule has 6 heteroatoms. The monoisotopic (exact) mass is 235 g/mol. The van der Waals surface area contributed by atoms with Crippen LogP contribution >= 0.6 is 22.9 Å². The van der Waals surface area contributed by atoms with Gasteiger partial charge in [0.15, 0.2) is 5.01 Å². The molecule has 3 aromatic rings. The van der Waals surface area contributed by atoms with Gasteiger partial charge < -0.3 is 4.42 Å². The van der Waals surface area contributed by atoms with Crippen molar-refractivity contribution in [3.63, 3.8) is 0 Å². The third kappa shape index (κ3) is 1.57. The van der Waals surface area contributed by atoms with Crippen LogP contribution in [0.15, 0.2) is 33.7 Å². The van der Waals surface area contributed by atoms with Gasteiger partial charge in [0, 0.05) is 10.8 Å². The Kier molecular flexibility index (Phi) is 2.08. The van der Waals surface area contributed by atoms with Gasteiger partial charge in [-0.25, -0.2) is 9.97 Å². The molecule has 0 N–H and O–H groups in total. The van der Waals surface area contributed by atoms with E-state index in [1.165, 1.54) is 22.9 Å². The van der Waals surface area contributed by atoms with Crippen LogP contribution in [-0.4, -0.2) is 14.3 Å². The highest BCUT2D eigenvalue weighted by molar-refractivity contribution is 7.13. The first-order chi connectivity index (χ1) is 7.43. The van der Waals surface area contributed by atoms with Gasteiger partial charge in [-0.3, -0.25) is 0 Å².